The molecule has 6 nitrogen and oxygen atoms in total. The van der Waals surface area contributed by atoms with Gasteiger partial charge in [-0.2, -0.15) is 0 Å². The van der Waals surface area contributed by atoms with Crippen LogP contribution in [-0.4, -0.2) is 25.0 Å². The van der Waals surface area contributed by atoms with Crippen molar-refractivity contribution in [1.82, 2.24) is 0 Å². The molecule has 2 saturated heterocycles. The highest BCUT2D eigenvalue weighted by atomic mass is 16.7. The van der Waals surface area contributed by atoms with E-state index in [2.05, 4.69) is 0 Å². The Hall–Kier alpha value is -4.42. The van der Waals surface area contributed by atoms with Gasteiger partial charge in [-0.15, -0.1) is 0 Å². The van der Waals surface area contributed by atoms with E-state index < -0.39 is 23.5 Å². The van der Waals surface area contributed by atoms with E-state index in [0.717, 1.165) is 16.8 Å². The van der Waals surface area contributed by atoms with Gasteiger partial charge in [0.05, 0.1) is 18.5 Å². The zero-order chi connectivity index (χ0) is 24.7. The number of hydrogen-bond acceptors (Lipinski definition) is 5. The van der Waals surface area contributed by atoms with Crippen LogP contribution in [0.1, 0.15) is 17.2 Å². The number of rotatable bonds is 5. The van der Waals surface area contributed by atoms with Gasteiger partial charge in [0.15, 0.2) is 6.10 Å². The Kier molecular flexibility index (Phi) is 5.31. The second-order valence-corrected chi connectivity index (χ2v) is 8.88. The minimum atomic E-state index is -1.31. The van der Waals surface area contributed by atoms with Crippen LogP contribution in [0.5, 0.6) is 5.75 Å². The number of methoxy groups -OCH3 is 1. The molecule has 0 N–H and O–H groups in total. The van der Waals surface area contributed by atoms with Crippen molar-refractivity contribution in [3.8, 4) is 5.75 Å². The summed E-state index contributed by atoms with van der Waals surface area (Å²) in [5.74, 6) is -0.175. The predicted octanol–water partition coefficient (Wildman–Crippen LogP) is 5.07. The Morgan fingerprint density at radius 3 is 2.03 bits per heavy atom. The fourth-order valence-corrected chi connectivity index (χ4v) is 5.42. The summed E-state index contributed by atoms with van der Waals surface area (Å²) in [5.41, 5.74) is 1.52. The average Bonchev–Trinajstić information content (AvgIpc) is 3.41. The second kappa shape index (κ2) is 8.66. The number of nitrogens with zero attached hydrogens (tertiary/aromatic N) is 2. The largest absolute Gasteiger partial charge is 0.497 e. The first-order valence-corrected chi connectivity index (χ1v) is 11.8. The highest BCUT2D eigenvalue weighted by Crippen LogP contribution is 2.57. The van der Waals surface area contributed by atoms with Crippen molar-refractivity contribution < 1.29 is 19.2 Å². The molecule has 0 saturated carbocycles. The van der Waals surface area contributed by atoms with Crippen molar-refractivity contribution in [3.63, 3.8) is 0 Å². The molecule has 36 heavy (non-hydrogen) atoms. The predicted molar refractivity (Wildman–Crippen MR) is 137 cm³/mol. The molecule has 0 bridgehead atoms. The van der Waals surface area contributed by atoms with Gasteiger partial charge < -0.3 is 4.74 Å². The lowest BCUT2D eigenvalue weighted by Crippen LogP contribution is -2.46. The van der Waals surface area contributed by atoms with Crippen LogP contribution in [0.2, 0.25) is 0 Å². The molecule has 0 spiro atoms. The van der Waals surface area contributed by atoms with Crippen LogP contribution in [0.15, 0.2) is 115 Å². The highest BCUT2D eigenvalue weighted by Gasteiger charge is 2.72. The molecule has 0 aliphatic carbocycles. The molecule has 0 aromatic heterocycles. The number of fused-ring (bicyclic) bond motifs is 1. The molecule has 4 aromatic carbocycles. The standard InChI is InChI=1S/C30H24N2O4/c1-35-25-19-11-18-24(20-25)31-28(33)27-30(29(31)34,22-14-7-3-8-15-22)26(21-12-5-2-6-13-21)32(36-27)23-16-9-4-10-17-23/h2-20,26-27H,1H3/t26-,27-,30-/m0/s1. The molecule has 2 fully saturated rings. The summed E-state index contributed by atoms with van der Waals surface area (Å²) >= 11 is 0. The monoisotopic (exact) mass is 476 g/mol. The number of para-hydroxylation sites is 1. The van der Waals surface area contributed by atoms with Crippen molar-refractivity contribution in [2.24, 2.45) is 0 Å². The molecular formula is C30H24N2O4. The van der Waals surface area contributed by atoms with Gasteiger partial charge in [0.2, 0.25) is 5.91 Å². The van der Waals surface area contributed by atoms with Gasteiger partial charge in [-0.25, -0.2) is 9.96 Å². The number of carbonyl (C=O) groups excluding carboxylic acids is 2. The molecule has 2 aliphatic rings. The smallest absolute Gasteiger partial charge is 0.267 e. The summed E-state index contributed by atoms with van der Waals surface area (Å²) in [6.45, 7) is 0. The first-order valence-electron chi connectivity index (χ1n) is 11.8. The van der Waals surface area contributed by atoms with Crippen LogP contribution < -0.4 is 14.7 Å². The van der Waals surface area contributed by atoms with Gasteiger partial charge in [-0.05, 0) is 35.4 Å². The van der Waals surface area contributed by atoms with Crippen molar-refractivity contribution >= 4 is 23.2 Å². The topological polar surface area (TPSA) is 59.1 Å². The number of carbonyl (C=O) groups is 2. The summed E-state index contributed by atoms with van der Waals surface area (Å²) in [6, 6.07) is 35.2. The third-order valence-electron chi connectivity index (χ3n) is 6.99. The minimum Gasteiger partial charge on any atom is -0.497 e. The lowest BCUT2D eigenvalue weighted by molar-refractivity contribution is -0.126. The van der Waals surface area contributed by atoms with Gasteiger partial charge >= 0.3 is 0 Å². The minimum absolute atomic E-state index is 0.329. The van der Waals surface area contributed by atoms with E-state index in [1.54, 1.807) is 36.4 Å². The number of amides is 2. The quantitative estimate of drug-likeness (QED) is 0.377. The highest BCUT2D eigenvalue weighted by molar-refractivity contribution is 6.28. The van der Waals surface area contributed by atoms with Gasteiger partial charge in [-0.3, -0.25) is 14.4 Å². The number of ether oxygens (including phenoxy) is 1. The van der Waals surface area contributed by atoms with Crippen LogP contribution in [0, 0.1) is 0 Å². The third kappa shape index (κ3) is 3.15. The number of imide groups is 1. The molecule has 178 valence electrons. The summed E-state index contributed by atoms with van der Waals surface area (Å²) in [7, 11) is 1.55. The van der Waals surface area contributed by atoms with Crippen LogP contribution in [0.3, 0.4) is 0 Å². The summed E-state index contributed by atoms with van der Waals surface area (Å²) in [5, 5.41) is 1.73. The first-order chi connectivity index (χ1) is 17.7. The van der Waals surface area contributed by atoms with E-state index in [4.69, 9.17) is 9.57 Å². The molecular weight excluding hydrogens is 452 g/mol. The van der Waals surface area contributed by atoms with Gasteiger partial charge in [0.1, 0.15) is 17.2 Å². The molecule has 2 amide bonds. The van der Waals surface area contributed by atoms with Crippen LogP contribution in [0.25, 0.3) is 0 Å². The Labute approximate surface area is 209 Å². The lowest BCUT2D eigenvalue weighted by atomic mass is 9.69. The number of hydroxylamine groups is 1. The van der Waals surface area contributed by atoms with E-state index in [1.807, 2.05) is 91.0 Å². The fourth-order valence-electron chi connectivity index (χ4n) is 5.42. The normalized spacial score (nSPS) is 23.1. The first kappa shape index (κ1) is 22.1. The SMILES string of the molecule is COc1cccc(N2C(=O)[C@@H]3ON(c4ccccc4)[C@@H](c4ccccc4)[C@]3(c3ccccc3)C2=O)c1. The van der Waals surface area contributed by atoms with E-state index in [9.17, 15) is 9.59 Å². The van der Waals surface area contributed by atoms with Crippen LogP contribution >= 0.6 is 0 Å². The maximum absolute atomic E-state index is 14.6. The lowest BCUT2D eigenvalue weighted by Gasteiger charge is -2.35. The number of hydrogen-bond donors (Lipinski definition) is 0. The second-order valence-electron chi connectivity index (χ2n) is 8.88. The van der Waals surface area contributed by atoms with Crippen molar-refractivity contribution in [2.75, 3.05) is 17.1 Å². The van der Waals surface area contributed by atoms with Gasteiger partial charge in [0.25, 0.3) is 5.91 Å². The average molecular weight is 477 g/mol. The maximum Gasteiger partial charge on any atom is 0.267 e. The van der Waals surface area contributed by atoms with Crippen LogP contribution in [-0.2, 0) is 19.8 Å². The third-order valence-corrected chi connectivity index (χ3v) is 6.99. The molecule has 6 heteroatoms. The zero-order valence-corrected chi connectivity index (χ0v) is 19.7. The van der Waals surface area contributed by atoms with E-state index in [-0.39, 0.29) is 5.91 Å². The van der Waals surface area contributed by atoms with Crippen LogP contribution in [0.4, 0.5) is 11.4 Å². The molecule has 6 rings (SSSR count). The van der Waals surface area contributed by atoms with E-state index in [0.29, 0.717) is 11.4 Å². The summed E-state index contributed by atoms with van der Waals surface area (Å²) in [6.07, 6.45) is -1.05. The number of benzene rings is 4. The maximum atomic E-state index is 14.6. The van der Waals surface area contributed by atoms with Crippen molar-refractivity contribution in [2.45, 2.75) is 17.6 Å². The van der Waals surface area contributed by atoms with E-state index >= 15 is 0 Å². The van der Waals surface area contributed by atoms with Crippen molar-refractivity contribution in [1.29, 1.82) is 0 Å². The number of anilines is 2. The molecule has 4 aromatic rings. The zero-order valence-electron chi connectivity index (χ0n) is 19.7. The van der Waals surface area contributed by atoms with Gasteiger partial charge in [0, 0.05) is 6.07 Å². The molecule has 0 radical (unpaired) electrons. The summed E-state index contributed by atoms with van der Waals surface area (Å²) < 4.78 is 5.37. The fraction of sp³-hybridized carbons (Fsp3) is 0.133. The molecule has 0 unspecified atom stereocenters. The Bertz CT molecular complexity index is 1410. The Morgan fingerprint density at radius 1 is 0.750 bits per heavy atom. The Balaban J connectivity index is 1.60. The Morgan fingerprint density at radius 2 is 1.36 bits per heavy atom. The van der Waals surface area contributed by atoms with Crippen molar-refractivity contribution in [3.05, 3.63) is 126 Å². The summed E-state index contributed by atoms with van der Waals surface area (Å²) in [4.78, 5) is 36.4. The molecule has 3 atom stereocenters. The van der Waals surface area contributed by atoms with Gasteiger partial charge in [-0.1, -0.05) is 84.9 Å². The molecule has 2 heterocycles. The molecule has 2 aliphatic heterocycles. The van der Waals surface area contributed by atoms with E-state index in [1.165, 1.54) is 4.90 Å².